The molecule has 1 heterocycles. The minimum absolute atomic E-state index is 0.0442. The standard InChI is InChI=1S/C24H28N2O2/c1-17-12-14-18(15-13-17)16-26-22(20-10-6-7-11-21(20)24(26)28)23(27)25-19-8-4-2-3-5-9-19/h6-7,10-15,19,22H,2-5,8-9,16H2,1H3,(H,25,27)/t22-/m0/s1. The lowest BCUT2D eigenvalue weighted by atomic mass is 10.0. The predicted molar refractivity (Wildman–Crippen MR) is 110 cm³/mol. The van der Waals surface area contributed by atoms with Crippen molar-refractivity contribution in [2.45, 2.75) is 64.1 Å². The van der Waals surface area contributed by atoms with Crippen LogP contribution in [-0.4, -0.2) is 22.8 Å². The largest absolute Gasteiger partial charge is 0.351 e. The molecular weight excluding hydrogens is 348 g/mol. The number of hydrogen-bond acceptors (Lipinski definition) is 2. The molecule has 1 atom stereocenters. The van der Waals surface area contributed by atoms with E-state index in [1.807, 2.05) is 55.5 Å². The van der Waals surface area contributed by atoms with Crippen molar-refractivity contribution in [1.82, 2.24) is 10.2 Å². The summed E-state index contributed by atoms with van der Waals surface area (Å²) in [5, 5.41) is 3.25. The summed E-state index contributed by atoms with van der Waals surface area (Å²) < 4.78 is 0. The molecule has 4 heteroatoms. The van der Waals surface area contributed by atoms with Crippen LogP contribution in [0.2, 0.25) is 0 Å². The zero-order valence-corrected chi connectivity index (χ0v) is 16.5. The van der Waals surface area contributed by atoms with Crippen molar-refractivity contribution in [3.63, 3.8) is 0 Å². The average Bonchev–Trinajstić information content (AvgIpc) is 2.85. The van der Waals surface area contributed by atoms with Crippen LogP contribution in [0.15, 0.2) is 48.5 Å². The summed E-state index contributed by atoms with van der Waals surface area (Å²) in [5.74, 6) is -0.102. The Kier molecular flexibility index (Phi) is 5.47. The van der Waals surface area contributed by atoms with Gasteiger partial charge in [0.05, 0.1) is 0 Å². The van der Waals surface area contributed by atoms with Crippen LogP contribution in [0.4, 0.5) is 0 Å². The predicted octanol–water partition coefficient (Wildman–Crippen LogP) is 4.53. The lowest BCUT2D eigenvalue weighted by Gasteiger charge is -2.27. The molecule has 0 spiro atoms. The SMILES string of the molecule is Cc1ccc(CN2C(=O)c3ccccc3[C@H]2C(=O)NC2CCCCCC2)cc1. The second-order valence-corrected chi connectivity index (χ2v) is 8.11. The molecule has 1 aliphatic carbocycles. The van der Waals surface area contributed by atoms with Crippen molar-refractivity contribution >= 4 is 11.8 Å². The van der Waals surface area contributed by atoms with Crippen molar-refractivity contribution < 1.29 is 9.59 Å². The fourth-order valence-corrected chi connectivity index (χ4v) is 4.41. The summed E-state index contributed by atoms with van der Waals surface area (Å²) >= 11 is 0. The average molecular weight is 377 g/mol. The van der Waals surface area contributed by atoms with Crippen molar-refractivity contribution in [3.8, 4) is 0 Å². The van der Waals surface area contributed by atoms with Crippen LogP contribution in [0.1, 0.15) is 71.6 Å². The molecule has 0 aromatic heterocycles. The number of nitrogens with one attached hydrogen (secondary N) is 1. The Labute approximate surface area is 166 Å². The van der Waals surface area contributed by atoms with Crippen LogP contribution in [0.3, 0.4) is 0 Å². The fourth-order valence-electron chi connectivity index (χ4n) is 4.41. The molecule has 28 heavy (non-hydrogen) atoms. The summed E-state index contributed by atoms with van der Waals surface area (Å²) in [6.45, 7) is 2.49. The van der Waals surface area contributed by atoms with Crippen molar-refractivity contribution in [1.29, 1.82) is 0 Å². The third kappa shape index (κ3) is 3.82. The maximum absolute atomic E-state index is 13.3. The summed E-state index contributed by atoms with van der Waals surface area (Å²) in [7, 11) is 0. The van der Waals surface area contributed by atoms with Gasteiger partial charge in [0.15, 0.2) is 0 Å². The van der Waals surface area contributed by atoms with Gasteiger partial charge >= 0.3 is 0 Å². The first-order chi connectivity index (χ1) is 13.6. The summed E-state index contributed by atoms with van der Waals surface area (Å²) in [5.41, 5.74) is 3.70. The molecule has 1 saturated carbocycles. The minimum atomic E-state index is -0.548. The van der Waals surface area contributed by atoms with Crippen LogP contribution in [0.25, 0.3) is 0 Å². The van der Waals surface area contributed by atoms with Crippen LogP contribution in [-0.2, 0) is 11.3 Å². The molecule has 4 nitrogen and oxygen atoms in total. The Morgan fingerprint density at radius 3 is 2.39 bits per heavy atom. The number of nitrogens with zero attached hydrogens (tertiary/aromatic N) is 1. The Hall–Kier alpha value is -2.62. The Morgan fingerprint density at radius 1 is 1.00 bits per heavy atom. The van der Waals surface area contributed by atoms with Crippen LogP contribution in [0.5, 0.6) is 0 Å². The smallest absolute Gasteiger partial charge is 0.255 e. The van der Waals surface area contributed by atoms with E-state index in [-0.39, 0.29) is 17.9 Å². The topological polar surface area (TPSA) is 49.4 Å². The quantitative estimate of drug-likeness (QED) is 0.797. The lowest BCUT2D eigenvalue weighted by Crippen LogP contribution is -2.43. The summed E-state index contributed by atoms with van der Waals surface area (Å²) in [4.78, 5) is 28.1. The van der Waals surface area contributed by atoms with E-state index in [0.29, 0.717) is 12.1 Å². The van der Waals surface area contributed by atoms with Gasteiger partial charge in [-0.3, -0.25) is 9.59 Å². The van der Waals surface area contributed by atoms with Gasteiger partial charge in [-0.2, -0.15) is 0 Å². The number of carbonyl (C=O) groups excluding carboxylic acids is 2. The van der Waals surface area contributed by atoms with Gasteiger partial charge in [0.25, 0.3) is 5.91 Å². The monoisotopic (exact) mass is 376 g/mol. The molecular formula is C24H28N2O2. The molecule has 1 fully saturated rings. The van der Waals surface area contributed by atoms with Gasteiger partial charge in [0, 0.05) is 18.2 Å². The molecule has 0 radical (unpaired) electrons. The van der Waals surface area contributed by atoms with Crippen LogP contribution in [0, 0.1) is 6.92 Å². The molecule has 2 aliphatic rings. The number of rotatable bonds is 4. The maximum Gasteiger partial charge on any atom is 0.255 e. The van der Waals surface area contributed by atoms with Crippen molar-refractivity contribution in [3.05, 3.63) is 70.8 Å². The van der Waals surface area contributed by atoms with Gasteiger partial charge in [-0.15, -0.1) is 0 Å². The van der Waals surface area contributed by atoms with E-state index in [9.17, 15) is 9.59 Å². The first-order valence-corrected chi connectivity index (χ1v) is 10.4. The van der Waals surface area contributed by atoms with Gasteiger partial charge in [0.2, 0.25) is 5.91 Å². The normalized spacial score (nSPS) is 20.0. The van der Waals surface area contributed by atoms with Crippen molar-refractivity contribution in [2.24, 2.45) is 0 Å². The number of hydrogen-bond donors (Lipinski definition) is 1. The molecule has 4 rings (SSSR count). The highest BCUT2D eigenvalue weighted by molar-refractivity contribution is 6.04. The Balaban J connectivity index is 1.59. The van der Waals surface area contributed by atoms with Gasteiger partial charge < -0.3 is 10.2 Å². The van der Waals surface area contributed by atoms with E-state index < -0.39 is 6.04 Å². The Bertz CT molecular complexity index is 851. The first kappa shape index (κ1) is 18.7. The molecule has 1 aliphatic heterocycles. The van der Waals surface area contributed by atoms with E-state index in [0.717, 1.165) is 36.8 Å². The van der Waals surface area contributed by atoms with Gasteiger partial charge in [-0.1, -0.05) is 73.7 Å². The highest BCUT2D eigenvalue weighted by Crippen LogP contribution is 2.35. The lowest BCUT2D eigenvalue weighted by molar-refractivity contribution is -0.126. The second-order valence-electron chi connectivity index (χ2n) is 8.11. The van der Waals surface area contributed by atoms with Crippen LogP contribution >= 0.6 is 0 Å². The number of fused-ring (bicyclic) bond motifs is 1. The second kappa shape index (κ2) is 8.17. The number of carbonyl (C=O) groups is 2. The number of benzene rings is 2. The zero-order chi connectivity index (χ0) is 19.5. The molecule has 0 saturated heterocycles. The van der Waals surface area contributed by atoms with E-state index in [1.54, 1.807) is 4.90 Å². The molecule has 0 unspecified atom stereocenters. The third-order valence-electron chi connectivity index (χ3n) is 5.98. The molecule has 2 aromatic carbocycles. The number of aryl methyl sites for hydroxylation is 1. The van der Waals surface area contributed by atoms with Gasteiger partial charge in [-0.05, 0) is 37.0 Å². The van der Waals surface area contributed by atoms with E-state index in [1.165, 1.54) is 18.4 Å². The van der Waals surface area contributed by atoms with E-state index in [2.05, 4.69) is 5.32 Å². The van der Waals surface area contributed by atoms with Crippen LogP contribution < -0.4 is 5.32 Å². The molecule has 2 amide bonds. The first-order valence-electron chi connectivity index (χ1n) is 10.4. The highest BCUT2D eigenvalue weighted by atomic mass is 16.2. The molecule has 1 N–H and O–H groups in total. The van der Waals surface area contributed by atoms with Gasteiger partial charge in [-0.25, -0.2) is 0 Å². The highest BCUT2D eigenvalue weighted by Gasteiger charge is 2.41. The summed E-state index contributed by atoms with van der Waals surface area (Å²) in [6, 6.07) is 15.4. The fraction of sp³-hybridized carbons (Fsp3) is 0.417. The minimum Gasteiger partial charge on any atom is -0.351 e. The number of amides is 2. The summed E-state index contributed by atoms with van der Waals surface area (Å²) in [6.07, 6.45) is 6.89. The van der Waals surface area contributed by atoms with E-state index in [4.69, 9.17) is 0 Å². The van der Waals surface area contributed by atoms with E-state index >= 15 is 0 Å². The molecule has 146 valence electrons. The molecule has 2 aromatic rings. The zero-order valence-electron chi connectivity index (χ0n) is 16.5. The maximum atomic E-state index is 13.3. The molecule has 0 bridgehead atoms. The Morgan fingerprint density at radius 2 is 1.68 bits per heavy atom. The third-order valence-corrected chi connectivity index (χ3v) is 5.98. The van der Waals surface area contributed by atoms with Crippen molar-refractivity contribution in [2.75, 3.05) is 0 Å². The van der Waals surface area contributed by atoms with Gasteiger partial charge in [0.1, 0.15) is 6.04 Å².